The highest BCUT2D eigenvalue weighted by molar-refractivity contribution is 6.32. The lowest BCUT2D eigenvalue weighted by atomic mass is 10.0. The molecule has 19 heavy (non-hydrogen) atoms. The van der Waals surface area contributed by atoms with Gasteiger partial charge in [0, 0.05) is 0 Å². The topological polar surface area (TPSA) is 35.2 Å². The summed E-state index contributed by atoms with van der Waals surface area (Å²) in [5, 5.41) is 0.0868. The van der Waals surface area contributed by atoms with Crippen LogP contribution in [0.25, 0.3) is 0 Å². The molecule has 1 rings (SSSR count). The minimum atomic E-state index is -5.72. The Kier molecular flexibility index (Phi) is 5.85. The predicted octanol–water partition coefficient (Wildman–Crippen LogP) is 3.97. The van der Waals surface area contributed by atoms with E-state index in [-0.39, 0.29) is 23.2 Å². The lowest BCUT2D eigenvalue weighted by Gasteiger charge is -2.26. The lowest BCUT2D eigenvalue weighted by molar-refractivity contribution is -0.291. The number of ether oxygens (including phenoxy) is 1. The molecule has 110 valence electrons. The summed E-state index contributed by atoms with van der Waals surface area (Å²) in [5.74, 6) is -5.06. The second-order valence-electron chi connectivity index (χ2n) is 3.49. The Bertz CT molecular complexity index is 438. The Balaban J connectivity index is 0.00000324. The van der Waals surface area contributed by atoms with Gasteiger partial charge in [-0.05, 0) is 17.7 Å². The first-order chi connectivity index (χ1) is 8.11. The van der Waals surface area contributed by atoms with Crippen LogP contribution in [0.5, 0.6) is 5.75 Å². The first-order valence-corrected chi connectivity index (χ1v) is 5.02. The summed E-state index contributed by atoms with van der Waals surface area (Å²) in [5.41, 5.74) is 4.55. The molecule has 0 spiro atoms. The van der Waals surface area contributed by atoms with Crippen LogP contribution in [-0.2, 0) is 0 Å². The van der Waals surface area contributed by atoms with Crippen molar-refractivity contribution in [2.45, 2.75) is 18.1 Å². The summed E-state index contributed by atoms with van der Waals surface area (Å²) in [6.07, 6.45) is -5.72. The molecule has 0 fully saturated rings. The highest BCUT2D eigenvalue weighted by Gasteiger charge is 2.61. The number of hydrogen-bond donors (Lipinski definition) is 1. The van der Waals surface area contributed by atoms with E-state index in [9.17, 15) is 22.0 Å². The number of rotatable bonds is 3. The molecule has 0 saturated heterocycles. The second kappa shape index (κ2) is 6.11. The molecule has 1 aromatic rings. The minimum Gasteiger partial charge on any atom is -0.495 e. The van der Waals surface area contributed by atoms with Gasteiger partial charge in [0.05, 0.1) is 12.1 Å². The normalized spacial score (nSPS) is 13.7. The Morgan fingerprint density at radius 1 is 1.21 bits per heavy atom. The molecule has 0 amide bonds. The van der Waals surface area contributed by atoms with Crippen molar-refractivity contribution in [1.82, 2.24) is 0 Å². The summed E-state index contributed by atoms with van der Waals surface area (Å²) in [7, 11) is 1.21. The van der Waals surface area contributed by atoms with Crippen molar-refractivity contribution in [2.75, 3.05) is 7.11 Å². The summed E-state index contributed by atoms with van der Waals surface area (Å²) in [6.45, 7) is 0. The zero-order valence-electron chi connectivity index (χ0n) is 9.47. The molecule has 0 aliphatic heterocycles. The number of benzene rings is 1. The van der Waals surface area contributed by atoms with Gasteiger partial charge in [-0.2, -0.15) is 22.0 Å². The van der Waals surface area contributed by atoms with Gasteiger partial charge in [-0.25, -0.2) is 0 Å². The number of halogens is 7. The second-order valence-corrected chi connectivity index (χ2v) is 3.90. The molecule has 0 aromatic heterocycles. The zero-order valence-corrected chi connectivity index (χ0v) is 11.0. The number of alkyl halides is 5. The smallest absolute Gasteiger partial charge is 0.455 e. The summed E-state index contributed by atoms with van der Waals surface area (Å²) >= 11 is 5.63. The van der Waals surface area contributed by atoms with Crippen molar-refractivity contribution in [2.24, 2.45) is 5.73 Å². The fraction of sp³-hybridized carbons (Fsp3) is 0.400. The molecule has 2 nitrogen and oxygen atoms in total. The molecule has 0 aliphatic rings. The van der Waals surface area contributed by atoms with Gasteiger partial charge in [0.15, 0.2) is 0 Å². The third kappa shape index (κ3) is 3.61. The van der Waals surface area contributed by atoms with Gasteiger partial charge >= 0.3 is 12.1 Å². The Morgan fingerprint density at radius 2 is 1.74 bits per heavy atom. The van der Waals surface area contributed by atoms with Crippen molar-refractivity contribution in [3.8, 4) is 5.75 Å². The molecular formula is C10H10Cl2F5NO. The van der Waals surface area contributed by atoms with E-state index >= 15 is 0 Å². The third-order valence-corrected chi connectivity index (χ3v) is 2.62. The standard InChI is InChI=1S/C10H9ClF5NO.ClH/c1-18-7-4-5(2-3-6(7)11)8(17)9(12,13)10(14,15)16;/h2-4,8H,17H2,1H3;1H/t8-;/m1./s1. The molecule has 0 heterocycles. The van der Waals surface area contributed by atoms with Crippen LogP contribution in [0, 0.1) is 0 Å². The van der Waals surface area contributed by atoms with Gasteiger partial charge in [-0.15, -0.1) is 12.4 Å². The molecule has 9 heteroatoms. The Labute approximate surface area is 117 Å². The van der Waals surface area contributed by atoms with Gasteiger partial charge in [-0.3, -0.25) is 0 Å². The first kappa shape index (κ1) is 18.2. The SMILES string of the molecule is COc1cc([C@@H](N)C(F)(F)C(F)(F)F)ccc1Cl.Cl. The summed E-state index contributed by atoms with van der Waals surface area (Å²) in [6, 6.07) is 0.563. The van der Waals surface area contributed by atoms with E-state index in [4.69, 9.17) is 22.1 Å². The minimum absolute atomic E-state index is 0. The molecular weight excluding hydrogens is 316 g/mol. The van der Waals surface area contributed by atoms with Crippen LogP contribution < -0.4 is 10.5 Å². The van der Waals surface area contributed by atoms with Crippen molar-refractivity contribution >= 4 is 24.0 Å². The average Bonchev–Trinajstić information content (AvgIpc) is 2.27. The van der Waals surface area contributed by atoms with Crippen molar-refractivity contribution in [3.63, 3.8) is 0 Å². The maximum absolute atomic E-state index is 13.0. The number of nitrogens with two attached hydrogens (primary N) is 1. The number of hydrogen-bond acceptors (Lipinski definition) is 2. The van der Waals surface area contributed by atoms with E-state index in [0.29, 0.717) is 0 Å². The molecule has 0 aliphatic carbocycles. The highest BCUT2D eigenvalue weighted by Crippen LogP contribution is 2.44. The lowest BCUT2D eigenvalue weighted by Crippen LogP contribution is -2.45. The summed E-state index contributed by atoms with van der Waals surface area (Å²) < 4.78 is 67.2. The number of methoxy groups -OCH3 is 1. The van der Waals surface area contributed by atoms with E-state index in [1.165, 1.54) is 7.11 Å². The van der Waals surface area contributed by atoms with E-state index in [0.717, 1.165) is 18.2 Å². The van der Waals surface area contributed by atoms with Gasteiger partial charge < -0.3 is 10.5 Å². The zero-order chi connectivity index (χ0) is 14.1. The van der Waals surface area contributed by atoms with Gasteiger partial charge in [-0.1, -0.05) is 17.7 Å². The molecule has 0 radical (unpaired) electrons. The van der Waals surface area contributed by atoms with E-state index in [1.54, 1.807) is 0 Å². The predicted molar refractivity (Wildman–Crippen MR) is 63.2 cm³/mol. The first-order valence-electron chi connectivity index (χ1n) is 4.64. The van der Waals surface area contributed by atoms with Crippen LogP contribution in [0.1, 0.15) is 11.6 Å². The van der Waals surface area contributed by atoms with E-state index in [1.807, 2.05) is 0 Å². The highest BCUT2D eigenvalue weighted by atomic mass is 35.5. The Hall–Kier alpha value is -0.790. The van der Waals surface area contributed by atoms with E-state index < -0.39 is 23.7 Å². The molecule has 2 N–H and O–H groups in total. The quantitative estimate of drug-likeness (QED) is 0.853. The maximum Gasteiger partial charge on any atom is 0.455 e. The summed E-state index contributed by atoms with van der Waals surface area (Å²) in [4.78, 5) is 0. The van der Waals surface area contributed by atoms with E-state index in [2.05, 4.69) is 0 Å². The van der Waals surface area contributed by atoms with Gasteiger partial charge in [0.25, 0.3) is 0 Å². The largest absolute Gasteiger partial charge is 0.495 e. The fourth-order valence-electron chi connectivity index (χ4n) is 1.26. The molecule has 0 saturated carbocycles. The molecule has 1 atom stereocenters. The Morgan fingerprint density at radius 3 is 2.16 bits per heavy atom. The van der Waals surface area contributed by atoms with Crippen LogP contribution >= 0.6 is 24.0 Å². The van der Waals surface area contributed by atoms with Crippen molar-refractivity contribution < 1.29 is 26.7 Å². The van der Waals surface area contributed by atoms with Crippen LogP contribution in [0.3, 0.4) is 0 Å². The fourth-order valence-corrected chi connectivity index (χ4v) is 1.45. The third-order valence-electron chi connectivity index (χ3n) is 2.30. The average molecular weight is 326 g/mol. The van der Waals surface area contributed by atoms with Gasteiger partial charge in [0.2, 0.25) is 0 Å². The molecule has 1 aromatic carbocycles. The van der Waals surface area contributed by atoms with Crippen LogP contribution in [0.2, 0.25) is 5.02 Å². The maximum atomic E-state index is 13.0. The van der Waals surface area contributed by atoms with Crippen LogP contribution in [0.15, 0.2) is 18.2 Å². The van der Waals surface area contributed by atoms with Crippen molar-refractivity contribution in [3.05, 3.63) is 28.8 Å². The van der Waals surface area contributed by atoms with Gasteiger partial charge in [0.1, 0.15) is 11.8 Å². The monoisotopic (exact) mass is 325 g/mol. The van der Waals surface area contributed by atoms with Crippen LogP contribution in [-0.4, -0.2) is 19.2 Å². The van der Waals surface area contributed by atoms with Crippen LogP contribution in [0.4, 0.5) is 22.0 Å². The van der Waals surface area contributed by atoms with Crippen molar-refractivity contribution in [1.29, 1.82) is 0 Å². The molecule has 0 unspecified atom stereocenters. The molecule has 0 bridgehead atoms.